The van der Waals surface area contributed by atoms with E-state index in [-0.39, 0.29) is 5.75 Å². The van der Waals surface area contributed by atoms with Gasteiger partial charge in [0.1, 0.15) is 11.4 Å². The fourth-order valence-corrected chi connectivity index (χ4v) is 3.69. The number of rotatable bonds is 2. The van der Waals surface area contributed by atoms with Gasteiger partial charge < -0.3 is 19.6 Å². The van der Waals surface area contributed by atoms with E-state index in [2.05, 4.69) is 25.3 Å². The number of aromatic nitrogens is 1. The highest BCUT2D eigenvalue weighted by Gasteiger charge is 2.22. The summed E-state index contributed by atoms with van der Waals surface area (Å²) in [5.74, 6) is 0.849. The number of hydrogen-bond donors (Lipinski definition) is 2. The molecule has 146 valence electrons. The highest BCUT2D eigenvalue weighted by Crippen LogP contribution is 2.30. The number of thiocarbonyl (C=S) groups is 1. The maximum atomic E-state index is 9.43. The predicted molar refractivity (Wildman–Crippen MR) is 114 cm³/mol. The molecule has 2 aromatic rings. The van der Waals surface area contributed by atoms with Gasteiger partial charge in [0.05, 0.1) is 17.3 Å². The summed E-state index contributed by atoms with van der Waals surface area (Å²) in [6.07, 6.45) is 2.29. The summed E-state index contributed by atoms with van der Waals surface area (Å²) in [5.41, 5.74) is 5.54. The molecule has 2 N–H and O–H groups in total. The second-order valence-corrected chi connectivity index (χ2v) is 7.33. The predicted octanol–water partition coefficient (Wildman–Crippen LogP) is 2.62. The van der Waals surface area contributed by atoms with Crippen LogP contribution in [0.15, 0.2) is 41.6 Å². The Morgan fingerprint density at radius 3 is 2.68 bits per heavy atom. The zero-order valence-corrected chi connectivity index (χ0v) is 16.7. The molecule has 0 spiro atoms. The number of nitrogens with one attached hydrogen (secondary N) is 1. The van der Waals surface area contributed by atoms with Gasteiger partial charge in [0.15, 0.2) is 10.9 Å². The minimum Gasteiger partial charge on any atom is -0.508 e. The zero-order valence-electron chi connectivity index (χ0n) is 15.1. The molecule has 0 saturated carbocycles. The number of benzene rings is 1. The largest absolute Gasteiger partial charge is 0.508 e. The Morgan fingerprint density at radius 1 is 1.18 bits per heavy atom. The molecule has 1 aromatic carbocycles. The Bertz CT molecular complexity index is 898. The minimum absolute atomic E-state index is 0.275. The van der Waals surface area contributed by atoms with Gasteiger partial charge in [-0.15, -0.1) is 0 Å². The molecule has 2 aliphatic rings. The average Bonchev–Trinajstić information content (AvgIpc) is 2.73. The van der Waals surface area contributed by atoms with Gasteiger partial charge >= 0.3 is 0 Å². The maximum absolute atomic E-state index is 9.43. The summed E-state index contributed by atoms with van der Waals surface area (Å²) in [5, 5.41) is 15.0. The normalized spacial score (nSPS) is 17.8. The number of hydrazone groups is 1. The number of aromatic hydroxyl groups is 1. The Balaban J connectivity index is 1.36. The summed E-state index contributed by atoms with van der Waals surface area (Å²) in [4.78, 5) is 8.71. The molecule has 1 saturated heterocycles. The number of piperazine rings is 1. The quantitative estimate of drug-likeness (QED) is 0.574. The molecular weight excluding hydrogens is 398 g/mol. The highest BCUT2D eigenvalue weighted by atomic mass is 35.5. The van der Waals surface area contributed by atoms with Crippen molar-refractivity contribution >= 4 is 40.3 Å². The lowest BCUT2D eigenvalue weighted by Gasteiger charge is -2.37. The van der Waals surface area contributed by atoms with Crippen LogP contribution in [0.4, 0.5) is 5.69 Å². The molecule has 1 fully saturated rings. The van der Waals surface area contributed by atoms with Crippen molar-refractivity contribution in [1.82, 2.24) is 15.3 Å². The Hall–Kier alpha value is -2.58. The molecule has 0 bridgehead atoms. The van der Waals surface area contributed by atoms with Gasteiger partial charge in [-0.25, -0.2) is 0 Å². The van der Waals surface area contributed by atoms with E-state index >= 15 is 0 Å². The van der Waals surface area contributed by atoms with E-state index in [1.54, 1.807) is 24.4 Å². The van der Waals surface area contributed by atoms with Crippen LogP contribution >= 0.6 is 23.8 Å². The molecule has 9 heteroatoms. The lowest BCUT2D eigenvalue weighted by molar-refractivity contribution is 0.318. The van der Waals surface area contributed by atoms with E-state index in [9.17, 15) is 5.11 Å². The van der Waals surface area contributed by atoms with Crippen molar-refractivity contribution in [3.8, 4) is 11.5 Å². The van der Waals surface area contributed by atoms with Crippen molar-refractivity contribution in [1.29, 1.82) is 0 Å². The van der Waals surface area contributed by atoms with E-state index < -0.39 is 0 Å². The number of phenolic OH excluding ortho intramolecular Hbond substituents is 1. The topological polar surface area (TPSA) is 73.2 Å². The molecule has 7 nitrogen and oxygen atoms in total. The van der Waals surface area contributed by atoms with Crippen LogP contribution in [0.1, 0.15) is 12.1 Å². The minimum atomic E-state index is 0.275. The fraction of sp³-hybridized carbons (Fsp3) is 0.316. The number of halogens is 1. The van der Waals surface area contributed by atoms with Crippen LogP contribution in [-0.2, 0) is 0 Å². The molecule has 0 amide bonds. The number of fused-ring (bicyclic) bond motifs is 1. The summed E-state index contributed by atoms with van der Waals surface area (Å²) >= 11 is 11.7. The first-order chi connectivity index (χ1) is 13.6. The van der Waals surface area contributed by atoms with Crippen LogP contribution in [0.2, 0.25) is 5.02 Å². The van der Waals surface area contributed by atoms with E-state index in [4.69, 9.17) is 28.6 Å². The van der Waals surface area contributed by atoms with Crippen LogP contribution in [0.25, 0.3) is 0 Å². The lowest BCUT2D eigenvalue weighted by Crippen LogP contribution is -2.51. The van der Waals surface area contributed by atoms with Crippen LogP contribution in [0.3, 0.4) is 0 Å². The van der Waals surface area contributed by atoms with Gasteiger partial charge in [-0.1, -0.05) is 11.6 Å². The van der Waals surface area contributed by atoms with Crippen LogP contribution in [-0.4, -0.2) is 58.6 Å². The van der Waals surface area contributed by atoms with Crippen molar-refractivity contribution in [2.45, 2.75) is 6.42 Å². The monoisotopic (exact) mass is 417 g/mol. The molecule has 3 heterocycles. The van der Waals surface area contributed by atoms with Crippen LogP contribution in [0, 0.1) is 0 Å². The first-order valence-corrected chi connectivity index (χ1v) is 9.83. The van der Waals surface area contributed by atoms with E-state index in [0.29, 0.717) is 34.6 Å². The molecule has 4 rings (SSSR count). The standard InChI is InChI=1S/C19H20ClN5O2S/c20-15-5-7-21-17-16(6-12-27-18(15)17)22-23-19(28)25-10-8-24(9-11-25)13-1-3-14(26)4-2-13/h1-5,7,26H,6,8-12H2,(H,23,28)/b22-16-. The molecule has 2 aliphatic heterocycles. The number of phenols is 1. The smallest absolute Gasteiger partial charge is 0.189 e. The number of pyridine rings is 1. The number of ether oxygens (including phenoxy) is 1. The van der Waals surface area contributed by atoms with Gasteiger partial charge in [0, 0.05) is 44.5 Å². The highest BCUT2D eigenvalue weighted by molar-refractivity contribution is 7.80. The third kappa shape index (κ3) is 3.98. The van der Waals surface area contributed by atoms with E-state index in [0.717, 1.165) is 37.6 Å². The number of anilines is 1. The second kappa shape index (κ2) is 8.20. The third-order valence-electron chi connectivity index (χ3n) is 4.78. The molecule has 0 aliphatic carbocycles. The summed E-state index contributed by atoms with van der Waals surface area (Å²) < 4.78 is 5.60. The van der Waals surface area contributed by atoms with Crippen molar-refractivity contribution in [3.05, 3.63) is 47.2 Å². The Kier molecular flexibility index (Phi) is 5.50. The number of nitrogens with zero attached hydrogens (tertiary/aromatic N) is 4. The molecular formula is C19H20ClN5O2S. The Morgan fingerprint density at radius 2 is 1.93 bits per heavy atom. The van der Waals surface area contributed by atoms with Crippen LogP contribution in [0.5, 0.6) is 11.5 Å². The van der Waals surface area contributed by atoms with Crippen molar-refractivity contribution in [2.24, 2.45) is 5.10 Å². The van der Waals surface area contributed by atoms with Crippen molar-refractivity contribution < 1.29 is 9.84 Å². The maximum Gasteiger partial charge on any atom is 0.189 e. The average molecular weight is 418 g/mol. The SMILES string of the molecule is Oc1ccc(N2CCN(C(=S)N/N=C3/CCOc4c(Cl)ccnc43)CC2)cc1. The number of hydrogen-bond acceptors (Lipinski definition) is 6. The van der Waals surface area contributed by atoms with Gasteiger partial charge in [-0.05, 0) is 42.5 Å². The third-order valence-corrected chi connectivity index (χ3v) is 5.43. The molecule has 1 aromatic heterocycles. The van der Waals surface area contributed by atoms with Gasteiger partial charge in [-0.3, -0.25) is 10.4 Å². The van der Waals surface area contributed by atoms with Gasteiger partial charge in [0.2, 0.25) is 0 Å². The van der Waals surface area contributed by atoms with Gasteiger partial charge in [-0.2, -0.15) is 5.10 Å². The first kappa shape index (κ1) is 18.8. The lowest BCUT2D eigenvalue weighted by atomic mass is 10.1. The molecule has 0 radical (unpaired) electrons. The fourth-order valence-electron chi connectivity index (χ4n) is 3.26. The summed E-state index contributed by atoms with van der Waals surface area (Å²) in [6, 6.07) is 8.96. The first-order valence-electron chi connectivity index (χ1n) is 9.05. The summed E-state index contributed by atoms with van der Waals surface area (Å²) in [7, 11) is 0. The Labute approximate surface area is 173 Å². The van der Waals surface area contributed by atoms with E-state index in [1.807, 2.05) is 12.1 Å². The van der Waals surface area contributed by atoms with Crippen LogP contribution < -0.4 is 15.1 Å². The van der Waals surface area contributed by atoms with Crippen molar-refractivity contribution in [2.75, 3.05) is 37.7 Å². The molecule has 0 atom stereocenters. The zero-order chi connectivity index (χ0) is 19.5. The summed E-state index contributed by atoms with van der Waals surface area (Å²) in [6.45, 7) is 3.79. The second-order valence-electron chi connectivity index (χ2n) is 6.53. The van der Waals surface area contributed by atoms with Crippen molar-refractivity contribution in [3.63, 3.8) is 0 Å². The van der Waals surface area contributed by atoms with Gasteiger partial charge in [0.25, 0.3) is 0 Å². The van der Waals surface area contributed by atoms with E-state index in [1.165, 1.54) is 0 Å². The molecule has 0 unspecified atom stereocenters. The molecule has 28 heavy (non-hydrogen) atoms.